The molecule has 1 aromatic carbocycles. The van der Waals surface area contributed by atoms with E-state index in [2.05, 4.69) is 43.4 Å². The summed E-state index contributed by atoms with van der Waals surface area (Å²) in [4.78, 5) is 1.19. The van der Waals surface area contributed by atoms with Gasteiger partial charge in [-0.2, -0.15) is 5.26 Å². The summed E-state index contributed by atoms with van der Waals surface area (Å²) < 4.78 is 0. The van der Waals surface area contributed by atoms with Gasteiger partial charge in [-0.1, -0.05) is 32.0 Å². The first-order valence-corrected chi connectivity index (χ1v) is 6.89. The minimum absolute atomic E-state index is 0.506. The van der Waals surface area contributed by atoms with Gasteiger partial charge in [0.15, 0.2) is 0 Å². The molecule has 1 N–H and O–H groups in total. The summed E-state index contributed by atoms with van der Waals surface area (Å²) in [5, 5.41) is 14.1. The number of anilines is 1. The van der Waals surface area contributed by atoms with Gasteiger partial charge in [-0.15, -0.1) is 11.3 Å². The molecule has 0 radical (unpaired) electrons. The Kier molecular flexibility index (Phi) is 4.01. The highest BCUT2D eigenvalue weighted by molar-refractivity contribution is 7.10. The first kappa shape index (κ1) is 12.7. The summed E-state index contributed by atoms with van der Waals surface area (Å²) in [6.45, 7) is 5.16. The van der Waals surface area contributed by atoms with E-state index in [0.29, 0.717) is 5.92 Å². The fraction of sp³-hybridized carbons (Fsp3) is 0.267. The molecule has 3 heteroatoms. The smallest absolute Gasteiger partial charge is 0.100 e. The van der Waals surface area contributed by atoms with E-state index in [4.69, 9.17) is 5.26 Å². The number of para-hydroxylation sites is 1. The molecule has 1 heterocycles. The third-order valence-corrected chi connectivity index (χ3v) is 3.76. The number of thiophene rings is 1. The number of nitriles is 1. The lowest BCUT2D eigenvalue weighted by Crippen LogP contribution is -2.02. The molecular weight excluding hydrogens is 240 g/mol. The molecule has 92 valence electrons. The van der Waals surface area contributed by atoms with Gasteiger partial charge >= 0.3 is 0 Å². The number of nitrogens with zero attached hydrogens (tertiary/aromatic N) is 1. The summed E-state index contributed by atoms with van der Waals surface area (Å²) >= 11 is 1.62. The molecule has 0 atom stereocenters. The van der Waals surface area contributed by atoms with E-state index < -0.39 is 0 Å². The second kappa shape index (κ2) is 5.70. The first-order chi connectivity index (χ1) is 8.70. The lowest BCUT2D eigenvalue weighted by atomic mass is 10.0. The van der Waals surface area contributed by atoms with Crippen LogP contribution in [-0.2, 0) is 6.54 Å². The normalized spacial score (nSPS) is 10.3. The average molecular weight is 256 g/mol. The third-order valence-electron chi connectivity index (χ3n) is 2.82. The zero-order valence-electron chi connectivity index (χ0n) is 10.6. The van der Waals surface area contributed by atoms with Crippen molar-refractivity contribution in [3.8, 4) is 6.07 Å². The topological polar surface area (TPSA) is 35.8 Å². The SMILES string of the molecule is CC(C)c1ccccc1NCc1cc(C#N)cs1. The van der Waals surface area contributed by atoms with Crippen LogP contribution in [-0.4, -0.2) is 0 Å². The summed E-state index contributed by atoms with van der Waals surface area (Å²) in [6, 6.07) is 12.5. The largest absolute Gasteiger partial charge is 0.380 e. The molecule has 1 aromatic heterocycles. The molecule has 0 aliphatic heterocycles. The van der Waals surface area contributed by atoms with Gasteiger partial charge in [-0.3, -0.25) is 0 Å². The maximum absolute atomic E-state index is 8.79. The van der Waals surface area contributed by atoms with Crippen molar-refractivity contribution >= 4 is 17.0 Å². The van der Waals surface area contributed by atoms with E-state index in [1.807, 2.05) is 17.5 Å². The van der Waals surface area contributed by atoms with E-state index in [-0.39, 0.29) is 0 Å². The Labute approximate surface area is 112 Å². The summed E-state index contributed by atoms with van der Waals surface area (Å²) in [7, 11) is 0. The molecule has 0 aliphatic carbocycles. The van der Waals surface area contributed by atoms with Crippen molar-refractivity contribution in [1.29, 1.82) is 5.26 Å². The number of hydrogen-bond acceptors (Lipinski definition) is 3. The van der Waals surface area contributed by atoms with Gasteiger partial charge in [0.1, 0.15) is 6.07 Å². The van der Waals surface area contributed by atoms with Crippen LogP contribution in [0.1, 0.15) is 35.8 Å². The molecule has 0 spiro atoms. The van der Waals surface area contributed by atoms with Crippen molar-refractivity contribution in [3.63, 3.8) is 0 Å². The molecule has 0 unspecified atom stereocenters. The van der Waals surface area contributed by atoms with Crippen molar-refractivity contribution in [2.75, 3.05) is 5.32 Å². The van der Waals surface area contributed by atoms with Gasteiger partial charge in [0.05, 0.1) is 5.56 Å². The molecule has 0 amide bonds. The Morgan fingerprint density at radius 1 is 1.33 bits per heavy atom. The number of rotatable bonds is 4. The minimum atomic E-state index is 0.506. The number of nitrogens with one attached hydrogen (secondary N) is 1. The lowest BCUT2D eigenvalue weighted by molar-refractivity contribution is 0.866. The first-order valence-electron chi connectivity index (χ1n) is 6.01. The Morgan fingerprint density at radius 2 is 2.11 bits per heavy atom. The quantitative estimate of drug-likeness (QED) is 0.882. The lowest BCUT2D eigenvalue weighted by Gasteiger charge is -2.13. The van der Waals surface area contributed by atoms with Crippen molar-refractivity contribution < 1.29 is 0 Å². The predicted octanol–water partition coefficient (Wildman–Crippen LogP) is 4.36. The van der Waals surface area contributed by atoms with Crippen molar-refractivity contribution in [1.82, 2.24) is 0 Å². The number of benzene rings is 1. The monoisotopic (exact) mass is 256 g/mol. The van der Waals surface area contributed by atoms with E-state index in [0.717, 1.165) is 12.1 Å². The molecule has 2 aromatic rings. The second-order valence-corrected chi connectivity index (χ2v) is 5.50. The Balaban J connectivity index is 2.08. The molecule has 2 nitrogen and oxygen atoms in total. The van der Waals surface area contributed by atoms with Crippen LogP contribution < -0.4 is 5.32 Å². The van der Waals surface area contributed by atoms with Crippen molar-refractivity contribution in [3.05, 3.63) is 51.7 Å². The van der Waals surface area contributed by atoms with Gasteiger partial charge in [-0.25, -0.2) is 0 Å². The van der Waals surface area contributed by atoms with Gasteiger partial charge in [-0.05, 0) is 23.6 Å². The Morgan fingerprint density at radius 3 is 2.78 bits per heavy atom. The van der Waals surface area contributed by atoms with Crippen LogP contribution in [0.3, 0.4) is 0 Å². The molecule has 0 fully saturated rings. The standard InChI is InChI=1S/C15H16N2S/c1-11(2)14-5-3-4-6-15(14)17-9-13-7-12(8-16)10-18-13/h3-7,10-11,17H,9H2,1-2H3. The highest BCUT2D eigenvalue weighted by Crippen LogP contribution is 2.25. The van der Waals surface area contributed by atoms with Crippen LogP contribution in [0.5, 0.6) is 0 Å². The van der Waals surface area contributed by atoms with Gasteiger partial charge in [0.25, 0.3) is 0 Å². The zero-order chi connectivity index (χ0) is 13.0. The van der Waals surface area contributed by atoms with Gasteiger partial charge in [0, 0.05) is 22.5 Å². The third kappa shape index (κ3) is 2.91. The highest BCUT2D eigenvalue weighted by Gasteiger charge is 2.06. The molecule has 0 saturated carbocycles. The minimum Gasteiger partial charge on any atom is -0.380 e. The fourth-order valence-electron chi connectivity index (χ4n) is 1.88. The predicted molar refractivity (Wildman–Crippen MR) is 76.9 cm³/mol. The van der Waals surface area contributed by atoms with Crippen LogP contribution in [0.4, 0.5) is 5.69 Å². The Bertz CT molecular complexity index is 564. The van der Waals surface area contributed by atoms with Crippen LogP contribution in [0, 0.1) is 11.3 Å². The number of hydrogen-bond donors (Lipinski definition) is 1. The van der Waals surface area contributed by atoms with Gasteiger partial charge < -0.3 is 5.32 Å². The molecule has 2 rings (SSSR count). The molecule has 18 heavy (non-hydrogen) atoms. The maximum Gasteiger partial charge on any atom is 0.100 e. The molecule has 0 saturated heterocycles. The highest BCUT2D eigenvalue weighted by atomic mass is 32.1. The second-order valence-electron chi connectivity index (χ2n) is 4.51. The van der Waals surface area contributed by atoms with E-state index >= 15 is 0 Å². The summed E-state index contributed by atoms with van der Waals surface area (Å²) in [5.41, 5.74) is 3.25. The maximum atomic E-state index is 8.79. The van der Waals surface area contributed by atoms with E-state index in [1.54, 1.807) is 11.3 Å². The van der Waals surface area contributed by atoms with Crippen molar-refractivity contribution in [2.24, 2.45) is 0 Å². The van der Waals surface area contributed by atoms with Crippen LogP contribution in [0.25, 0.3) is 0 Å². The molecule has 0 bridgehead atoms. The van der Waals surface area contributed by atoms with Crippen LogP contribution >= 0.6 is 11.3 Å². The van der Waals surface area contributed by atoms with Gasteiger partial charge in [0.2, 0.25) is 0 Å². The Hall–Kier alpha value is -1.79. The molecular formula is C15H16N2S. The van der Waals surface area contributed by atoms with Crippen LogP contribution in [0.2, 0.25) is 0 Å². The summed E-state index contributed by atoms with van der Waals surface area (Å²) in [5.74, 6) is 0.506. The molecule has 0 aliphatic rings. The van der Waals surface area contributed by atoms with Crippen molar-refractivity contribution in [2.45, 2.75) is 26.3 Å². The van der Waals surface area contributed by atoms with Crippen LogP contribution in [0.15, 0.2) is 35.7 Å². The average Bonchev–Trinajstić information content (AvgIpc) is 2.84. The van der Waals surface area contributed by atoms with E-state index in [1.165, 1.54) is 16.1 Å². The summed E-state index contributed by atoms with van der Waals surface area (Å²) in [6.07, 6.45) is 0. The fourth-order valence-corrected chi connectivity index (χ4v) is 2.63. The zero-order valence-corrected chi connectivity index (χ0v) is 11.4. The van der Waals surface area contributed by atoms with E-state index in [9.17, 15) is 0 Å².